The Labute approximate surface area is 188 Å². The predicted octanol–water partition coefficient (Wildman–Crippen LogP) is 5.18. The van der Waals surface area contributed by atoms with E-state index in [0.29, 0.717) is 29.4 Å². The quantitative estimate of drug-likeness (QED) is 0.380. The van der Waals surface area contributed by atoms with Gasteiger partial charge in [0, 0.05) is 11.1 Å². The van der Waals surface area contributed by atoms with Gasteiger partial charge >= 0.3 is 0 Å². The van der Waals surface area contributed by atoms with E-state index in [4.69, 9.17) is 9.47 Å². The highest BCUT2D eigenvalue weighted by Crippen LogP contribution is 2.28. The summed E-state index contributed by atoms with van der Waals surface area (Å²) in [5.41, 5.74) is 6.66. The van der Waals surface area contributed by atoms with Crippen LogP contribution in [-0.2, 0) is 6.61 Å². The fourth-order valence-electron chi connectivity index (χ4n) is 3.14. The number of aryl methyl sites for hydroxylation is 1. The molecule has 6 nitrogen and oxygen atoms in total. The van der Waals surface area contributed by atoms with Crippen LogP contribution in [0.25, 0.3) is 0 Å². The van der Waals surface area contributed by atoms with Crippen LogP contribution in [0.5, 0.6) is 17.2 Å². The first kappa shape index (κ1) is 22.9. The maximum atomic E-state index is 12.3. The third-order valence-electron chi connectivity index (χ3n) is 5.01. The monoisotopic (exact) mass is 432 g/mol. The molecule has 3 rings (SSSR count). The molecule has 0 atom stereocenters. The molecule has 0 aliphatic carbocycles. The summed E-state index contributed by atoms with van der Waals surface area (Å²) in [7, 11) is 1.54. The Hall–Kier alpha value is -3.80. The zero-order valence-corrected chi connectivity index (χ0v) is 18.8. The molecule has 0 saturated carbocycles. The van der Waals surface area contributed by atoms with Crippen LogP contribution < -0.4 is 14.9 Å². The SMILES string of the molecule is COc1ccc(O)c(C=NNC(=O)c2ccc(COc3cc(C)ccc3C(C)C)cc2)c1. The van der Waals surface area contributed by atoms with E-state index in [0.717, 1.165) is 16.9 Å². The summed E-state index contributed by atoms with van der Waals surface area (Å²) in [6.07, 6.45) is 1.37. The van der Waals surface area contributed by atoms with Gasteiger partial charge in [0.1, 0.15) is 23.9 Å². The lowest BCUT2D eigenvalue weighted by Gasteiger charge is -2.15. The second-order valence-electron chi connectivity index (χ2n) is 7.81. The van der Waals surface area contributed by atoms with Crippen LogP contribution in [-0.4, -0.2) is 24.3 Å². The molecule has 3 aromatic rings. The summed E-state index contributed by atoms with van der Waals surface area (Å²) in [5, 5.41) is 13.8. The summed E-state index contributed by atoms with van der Waals surface area (Å²) < 4.78 is 11.2. The molecule has 1 amide bonds. The van der Waals surface area contributed by atoms with Gasteiger partial charge in [-0.25, -0.2) is 5.43 Å². The van der Waals surface area contributed by atoms with Crippen LogP contribution in [0, 0.1) is 6.92 Å². The lowest BCUT2D eigenvalue weighted by Crippen LogP contribution is -2.17. The van der Waals surface area contributed by atoms with E-state index in [9.17, 15) is 9.90 Å². The molecule has 0 unspecified atom stereocenters. The molecule has 3 aromatic carbocycles. The number of amides is 1. The molecule has 0 spiro atoms. The molecule has 0 radical (unpaired) electrons. The van der Waals surface area contributed by atoms with Gasteiger partial charge in [0.15, 0.2) is 0 Å². The van der Waals surface area contributed by atoms with E-state index in [1.165, 1.54) is 25.0 Å². The van der Waals surface area contributed by atoms with Crippen LogP contribution in [0.3, 0.4) is 0 Å². The average molecular weight is 433 g/mol. The number of rotatable bonds is 8. The normalized spacial score (nSPS) is 11.0. The van der Waals surface area contributed by atoms with Crippen LogP contribution >= 0.6 is 0 Å². The zero-order chi connectivity index (χ0) is 23.1. The Morgan fingerprint density at radius 2 is 1.84 bits per heavy atom. The van der Waals surface area contributed by atoms with Crippen LogP contribution in [0.1, 0.15) is 52.4 Å². The average Bonchev–Trinajstić information content (AvgIpc) is 2.79. The standard InChI is InChI=1S/C26H28N2O4/c1-17(2)23-11-5-18(3)13-25(23)32-16-19-6-8-20(9-7-19)26(30)28-27-15-21-14-22(31-4)10-12-24(21)29/h5-15,17,29H,16H2,1-4H3,(H,28,30). The van der Waals surface area contributed by atoms with E-state index in [-0.39, 0.29) is 11.7 Å². The Kier molecular flexibility index (Phi) is 7.49. The molecular weight excluding hydrogens is 404 g/mol. The number of methoxy groups -OCH3 is 1. The maximum Gasteiger partial charge on any atom is 0.271 e. The summed E-state index contributed by atoms with van der Waals surface area (Å²) in [5.74, 6) is 1.53. The van der Waals surface area contributed by atoms with Gasteiger partial charge in [-0.05, 0) is 65.9 Å². The third-order valence-corrected chi connectivity index (χ3v) is 5.01. The van der Waals surface area contributed by atoms with Crippen molar-refractivity contribution in [2.24, 2.45) is 5.10 Å². The number of benzene rings is 3. The second kappa shape index (κ2) is 10.5. The van der Waals surface area contributed by atoms with Crippen molar-refractivity contribution in [3.63, 3.8) is 0 Å². The predicted molar refractivity (Wildman–Crippen MR) is 126 cm³/mol. The number of ether oxygens (including phenoxy) is 2. The first-order chi connectivity index (χ1) is 15.4. The van der Waals surface area contributed by atoms with E-state index in [1.54, 1.807) is 24.3 Å². The fourth-order valence-corrected chi connectivity index (χ4v) is 3.14. The molecular formula is C26H28N2O4. The number of carbonyl (C=O) groups is 1. The molecule has 32 heavy (non-hydrogen) atoms. The number of phenols is 1. The van der Waals surface area contributed by atoms with Gasteiger partial charge in [0.2, 0.25) is 0 Å². The maximum absolute atomic E-state index is 12.3. The summed E-state index contributed by atoms with van der Waals surface area (Å²) in [6.45, 7) is 6.74. The molecule has 6 heteroatoms. The highest BCUT2D eigenvalue weighted by molar-refractivity contribution is 5.95. The molecule has 0 aliphatic heterocycles. The molecule has 0 saturated heterocycles. The molecule has 0 heterocycles. The van der Waals surface area contributed by atoms with E-state index in [1.807, 2.05) is 19.1 Å². The van der Waals surface area contributed by atoms with Crippen molar-refractivity contribution in [3.8, 4) is 17.2 Å². The highest BCUT2D eigenvalue weighted by atomic mass is 16.5. The number of nitrogens with zero attached hydrogens (tertiary/aromatic N) is 1. The Morgan fingerprint density at radius 3 is 2.53 bits per heavy atom. The van der Waals surface area contributed by atoms with Crippen molar-refractivity contribution in [1.82, 2.24) is 5.43 Å². The Morgan fingerprint density at radius 1 is 1.09 bits per heavy atom. The van der Waals surface area contributed by atoms with Crippen molar-refractivity contribution in [3.05, 3.63) is 88.5 Å². The van der Waals surface area contributed by atoms with Gasteiger partial charge in [-0.2, -0.15) is 5.10 Å². The zero-order valence-electron chi connectivity index (χ0n) is 18.8. The van der Waals surface area contributed by atoms with E-state index >= 15 is 0 Å². The van der Waals surface area contributed by atoms with E-state index < -0.39 is 0 Å². The molecule has 0 aliphatic rings. The number of nitrogens with one attached hydrogen (secondary N) is 1. The first-order valence-electron chi connectivity index (χ1n) is 10.4. The van der Waals surface area contributed by atoms with Gasteiger partial charge in [-0.1, -0.05) is 38.1 Å². The van der Waals surface area contributed by atoms with Crippen molar-refractivity contribution < 1.29 is 19.4 Å². The van der Waals surface area contributed by atoms with Gasteiger partial charge in [-0.15, -0.1) is 0 Å². The second-order valence-corrected chi connectivity index (χ2v) is 7.81. The summed E-state index contributed by atoms with van der Waals surface area (Å²) in [4.78, 5) is 12.3. The lowest BCUT2D eigenvalue weighted by molar-refractivity contribution is 0.0955. The van der Waals surface area contributed by atoms with Gasteiger partial charge in [0.05, 0.1) is 13.3 Å². The van der Waals surface area contributed by atoms with Crippen molar-refractivity contribution >= 4 is 12.1 Å². The van der Waals surface area contributed by atoms with Gasteiger partial charge < -0.3 is 14.6 Å². The minimum Gasteiger partial charge on any atom is -0.507 e. The van der Waals surface area contributed by atoms with Crippen molar-refractivity contribution in [1.29, 1.82) is 0 Å². The molecule has 166 valence electrons. The number of carbonyl (C=O) groups excluding carboxylic acids is 1. The van der Waals surface area contributed by atoms with Crippen molar-refractivity contribution in [2.75, 3.05) is 7.11 Å². The number of hydrogen-bond donors (Lipinski definition) is 2. The smallest absolute Gasteiger partial charge is 0.271 e. The lowest BCUT2D eigenvalue weighted by atomic mass is 10.0. The van der Waals surface area contributed by atoms with Crippen molar-refractivity contribution in [2.45, 2.75) is 33.3 Å². The minimum absolute atomic E-state index is 0.0439. The fraction of sp³-hybridized carbons (Fsp3) is 0.231. The van der Waals surface area contributed by atoms with E-state index in [2.05, 4.69) is 42.6 Å². The molecule has 0 fully saturated rings. The first-order valence-corrected chi connectivity index (χ1v) is 10.4. The summed E-state index contributed by atoms with van der Waals surface area (Å²) >= 11 is 0. The number of hydrogen-bond acceptors (Lipinski definition) is 5. The molecule has 0 bridgehead atoms. The minimum atomic E-state index is -0.350. The number of phenolic OH excluding ortho intramolecular Hbond substituents is 1. The van der Waals surface area contributed by atoms with Crippen LogP contribution in [0.15, 0.2) is 65.8 Å². The summed E-state index contributed by atoms with van der Waals surface area (Å²) in [6, 6.07) is 18.2. The highest BCUT2D eigenvalue weighted by Gasteiger charge is 2.09. The molecule has 0 aromatic heterocycles. The number of hydrazone groups is 1. The molecule has 2 N–H and O–H groups in total. The van der Waals surface area contributed by atoms with Crippen LogP contribution in [0.2, 0.25) is 0 Å². The topological polar surface area (TPSA) is 80.2 Å². The van der Waals surface area contributed by atoms with Crippen LogP contribution in [0.4, 0.5) is 0 Å². The Balaban J connectivity index is 1.60. The number of aromatic hydroxyl groups is 1. The largest absolute Gasteiger partial charge is 0.507 e. The van der Waals surface area contributed by atoms with Gasteiger partial charge in [-0.3, -0.25) is 4.79 Å². The van der Waals surface area contributed by atoms with Gasteiger partial charge in [0.25, 0.3) is 5.91 Å². The third kappa shape index (κ3) is 5.88. The Bertz CT molecular complexity index is 1110.